The first-order chi connectivity index (χ1) is 11.5. The van der Waals surface area contributed by atoms with Crippen molar-refractivity contribution in [3.05, 3.63) is 45.8 Å². The van der Waals surface area contributed by atoms with Crippen LogP contribution in [-0.4, -0.2) is 20.1 Å². The second-order valence-corrected chi connectivity index (χ2v) is 6.29. The van der Waals surface area contributed by atoms with E-state index in [2.05, 4.69) is 11.4 Å². The predicted octanol–water partition coefficient (Wildman–Crippen LogP) is 3.91. The summed E-state index contributed by atoms with van der Waals surface area (Å²) in [5, 5.41) is 12.5. The van der Waals surface area contributed by atoms with E-state index in [9.17, 15) is 10.1 Å². The van der Waals surface area contributed by atoms with Gasteiger partial charge in [0.1, 0.15) is 22.6 Å². The second kappa shape index (κ2) is 7.66. The summed E-state index contributed by atoms with van der Waals surface area (Å²) in [5.74, 6) is 0.992. The van der Waals surface area contributed by atoms with Gasteiger partial charge in [-0.15, -0.1) is 11.3 Å². The summed E-state index contributed by atoms with van der Waals surface area (Å²) in [6.07, 6.45) is 3.08. The first-order valence-corrected chi connectivity index (χ1v) is 8.02. The minimum atomic E-state index is -0.297. The number of thiophene rings is 1. The zero-order valence-electron chi connectivity index (χ0n) is 14.0. The van der Waals surface area contributed by atoms with Gasteiger partial charge in [-0.2, -0.15) is 5.26 Å². The maximum absolute atomic E-state index is 12.1. The Labute approximate surface area is 145 Å². The number of methoxy groups -OCH3 is 2. The molecule has 1 aromatic carbocycles. The van der Waals surface area contributed by atoms with Gasteiger partial charge in [0.2, 0.25) is 5.91 Å². The number of rotatable bonds is 5. The SMILES string of the molecule is COc1cc(/C=C/C(=O)Nc2sc(C)c(C)c2C#N)cc(OC)c1. The van der Waals surface area contributed by atoms with E-state index in [1.165, 1.54) is 17.4 Å². The number of nitriles is 1. The van der Waals surface area contributed by atoms with Gasteiger partial charge in [-0.05, 0) is 43.2 Å². The van der Waals surface area contributed by atoms with Crippen LogP contribution >= 0.6 is 11.3 Å². The number of anilines is 1. The molecule has 0 fully saturated rings. The van der Waals surface area contributed by atoms with Crippen molar-refractivity contribution in [1.29, 1.82) is 5.26 Å². The molecule has 0 radical (unpaired) electrons. The lowest BCUT2D eigenvalue weighted by atomic mass is 10.1. The highest BCUT2D eigenvalue weighted by Gasteiger charge is 2.13. The Morgan fingerprint density at radius 1 is 1.21 bits per heavy atom. The molecule has 124 valence electrons. The van der Waals surface area contributed by atoms with Crippen molar-refractivity contribution < 1.29 is 14.3 Å². The van der Waals surface area contributed by atoms with Gasteiger partial charge in [-0.3, -0.25) is 4.79 Å². The summed E-state index contributed by atoms with van der Waals surface area (Å²) in [6, 6.07) is 7.49. The van der Waals surface area contributed by atoms with Crippen molar-refractivity contribution in [3.8, 4) is 17.6 Å². The van der Waals surface area contributed by atoms with E-state index in [1.807, 2.05) is 13.8 Å². The van der Waals surface area contributed by atoms with Crippen LogP contribution in [0.2, 0.25) is 0 Å². The van der Waals surface area contributed by atoms with E-state index in [-0.39, 0.29) is 5.91 Å². The zero-order chi connectivity index (χ0) is 17.7. The van der Waals surface area contributed by atoms with Crippen LogP contribution in [0.15, 0.2) is 24.3 Å². The Balaban J connectivity index is 2.17. The molecule has 1 N–H and O–H groups in total. The number of hydrogen-bond donors (Lipinski definition) is 1. The third kappa shape index (κ3) is 3.94. The fraction of sp³-hybridized carbons (Fsp3) is 0.222. The molecular formula is C18H18N2O3S. The van der Waals surface area contributed by atoms with Crippen molar-refractivity contribution in [2.75, 3.05) is 19.5 Å². The smallest absolute Gasteiger partial charge is 0.249 e. The Morgan fingerprint density at radius 2 is 1.83 bits per heavy atom. The van der Waals surface area contributed by atoms with E-state index in [1.54, 1.807) is 38.5 Å². The second-order valence-electron chi connectivity index (χ2n) is 5.07. The molecule has 1 heterocycles. The van der Waals surface area contributed by atoms with E-state index in [0.29, 0.717) is 22.1 Å². The van der Waals surface area contributed by atoms with Gasteiger partial charge < -0.3 is 14.8 Å². The molecular weight excluding hydrogens is 324 g/mol. The quantitative estimate of drug-likeness (QED) is 0.836. The van der Waals surface area contributed by atoms with Crippen LogP contribution in [0.4, 0.5) is 5.00 Å². The van der Waals surface area contributed by atoms with Crippen molar-refractivity contribution >= 4 is 28.3 Å². The Hall–Kier alpha value is -2.78. The van der Waals surface area contributed by atoms with Crippen LogP contribution in [-0.2, 0) is 4.79 Å². The number of amides is 1. The fourth-order valence-electron chi connectivity index (χ4n) is 2.10. The molecule has 0 unspecified atom stereocenters. The molecule has 1 aromatic heterocycles. The summed E-state index contributed by atoms with van der Waals surface area (Å²) in [4.78, 5) is 13.1. The lowest BCUT2D eigenvalue weighted by molar-refractivity contribution is -0.111. The lowest BCUT2D eigenvalue weighted by Crippen LogP contribution is -2.07. The van der Waals surface area contributed by atoms with Gasteiger partial charge in [-0.1, -0.05) is 0 Å². The summed E-state index contributed by atoms with van der Waals surface area (Å²) < 4.78 is 10.4. The standard InChI is InChI=1S/C18H18N2O3S/c1-11-12(2)24-18(16(11)10-19)20-17(21)6-5-13-7-14(22-3)9-15(8-13)23-4/h5-9H,1-4H3,(H,20,21)/b6-5+. The van der Waals surface area contributed by atoms with E-state index in [0.717, 1.165) is 16.0 Å². The number of benzene rings is 1. The van der Waals surface area contributed by atoms with E-state index < -0.39 is 0 Å². The number of carbonyl (C=O) groups excluding carboxylic acids is 1. The molecule has 6 heteroatoms. The molecule has 2 rings (SSSR count). The highest BCUT2D eigenvalue weighted by Crippen LogP contribution is 2.31. The first-order valence-electron chi connectivity index (χ1n) is 7.20. The molecule has 0 spiro atoms. The average Bonchev–Trinajstić information content (AvgIpc) is 2.85. The minimum Gasteiger partial charge on any atom is -0.497 e. The Morgan fingerprint density at radius 3 is 2.38 bits per heavy atom. The van der Waals surface area contributed by atoms with Crippen molar-refractivity contribution in [1.82, 2.24) is 0 Å². The number of hydrogen-bond acceptors (Lipinski definition) is 5. The van der Waals surface area contributed by atoms with Crippen molar-refractivity contribution in [2.24, 2.45) is 0 Å². The molecule has 0 aliphatic rings. The molecule has 0 bridgehead atoms. The largest absolute Gasteiger partial charge is 0.497 e. The number of nitrogens with zero attached hydrogens (tertiary/aromatic N) is 1. The minimum absolute atomic E-state index is 0.297. The molecule has 0 saturated carbocycles. The van der Waals surface area contributed by atoms with Crippen LogP contribution in [0.3, 0.4) is 0 Å². The van der Waals surface area contributed by atoms with Crippen LogP contribution in [0.5, 0.6) is 11.5 Å². The first kappa shape index (κ1) is 17.6. The number of ether oxygens (including phenoxy) is 2. The average molecular weight is 342 g/mol. The van der Waals surface area contributed by atoms with Crippen LogP contribution < -0.4 is 14.8 Å². The summed E-state index contributed by atoms with van der Waals surface area (Å²) in [7, 11) is 3.14. The molecule has 1 amide bonds. The number of nitrogens with one attached hydrogen (secondary N) is 1. The fourth-order valence-corrected chi connectivity index (χ4v) is 3.11. The third-order valence-electron chi connectivity index (χ3n) is 3.53. The van der Waals surface area contributed by atoms with Crippen molar-refractivity contribution in [3.63, 3.8) is 0 Å². The molecule has 24 heavy (non-hydrogen) atoms. The highest BCUT2D eigenvalue weighted by atomic mass is 32.1. The maximum Gasteiger partial charge on any atom is 0.249 e. The van der Waals surface area contributed by atoms with Gasteiger partial charge in [0.25, 0.3) is 0 Å². The predicted molar refractivity (Wildman–Crippen MR) is 95.7 cm³/mol. The van der Waals surface area contributed by atoms with Crippen LogP contribution in [0.1, 0.15) is 21.6 Å². The van der Waals surface area contributed by atoms with E-state index in [4.69, 9.17) is 9.47 Å². The number of aryl methyl sites for hydroxylation is 1. The van der Waals surface area contributed by atoms with Gasteiger partial charge >= 0.3 is 0 Å². The van der Waals surface area contributed by atoms with E-state index >= 15 is 0 Å². The van der Waals surface area contributed by atoms with Crippen LogP contribution in [0, 0.1) is 25.2 Å². The monoisotopic (exact) mass is 342 g/mol. The van der Waals surface area contributed by atoms with Crippen LogP contribution in [0.25, 0.3) is 6.08 Å². The lowest BCUT2D eigenvalue weighted by Gasteiger charge is -2.05. The zero-order valence-corrected chi connectivity index (χ0v) is 14.8. The van der Waals surface area contributed by atoms with Gasteiger partial charge in [-0.25, -0.2) is 0 Å². The topological polar surface area (TPSA) is 71.3 Å². The van der Waals surface area contributed by atoms with Gasteiger partial charge in [0, 0.05) is 17.0 Å². The van der Waals surface area contributed by atoms with Gasteiger partial charge in [0.05, 0.1) is 19.8 Å². The number of carbonyl (C=O) groups is 1. The summed E-state index contributed by atoms with van der Waals surface area (Å²) >= 11 is 1.40. The normalized spacial score (nSPS) is 10.5. The molecule has 0 saturated heterocycles. The molecule has 0 aliphatic heterocycles. The molecule has 5 nitrogen and oxygen atoms in total. The highest BCUT2D eigenvalue weighted by molar-refractivity contribution is 7.16. The molecule has 0 atom stereocenters. The summed E-state index contributed by atoms with van der Waals surface area (Å²) in [6.45, 7) is 3.80. The molecule has 0 aliphatic carbocycles. The Kier molecular flexibility index (Phi) is 5.61. The summed E-state index contributed by atoms with van der Waals surface area (Å²) in [5.41, 5.74) is 2.20. The van der Waals surface area contributed by atoms with Crippen molar-refractivity contribution in [2.45, 2.75) is 13.8 Å². The Bertz CT molecular complexity index is 809. The third-order valence-corrected chi connectivity index (χ3v) is 4.66. The maximum atomic E-state index is 12.1. The van der Waals surface area contributed by atoms with Gasteiger partial charge in [0.15, 0.2) is 0 Å². The molecule has 2 aromatic rings.